The lowest BCUT2D eigenvalue weighted by atomic mass is 10.2. The summed E-state index contributed by atoms with van der Waals surface area (Å²) in [6, 6.07) is 6.04. The Morgan fingerprint density at radius 2 is 2.28 bits per heavy atom. The molecule has 1 aliphatic rings. The van der Waals surface area contributed by atoms with Crippen molar-refractivity contribution in [2.45, 2.75) is 25.8 Å². The van der Waals surface area contributed by atoms with Gasteiger partial charge in [-0.3, -0.25) is 4.98 Å². The molecule has 1 N–H and O–H groups in total. The van der Waals surface area contributed by atoms with Gasteiger partial charge in [0, 0.05) is 29.7 Å². The summed E-state index contributed by atoms with van der Waals surface area (Å²) < 4.78 is 2.14. The Balaban J connectivity index is 2.19. The third kappa shape index (κ3) is 1.70. The Hall–Kier alpha value is -2.10. The van der Waals surface area contributed by atoms with Crippen molar-refractivity contribution in [2.24, 2.45) is 0 Å². The molecule has 92 valence electrons. The third-order valence-electron chi connectivity index (χ3n) is 3.39. The van der Waals surface area contributed by atoms with Crippen LogP contribution < -0.4 is 0 Å². The van der Waals surface area contributed by atoms with Gasteiger partial charge in [-0.25, -0.2) is 4.79 Å². The van der Waals surface area contributed by atoms with Crippen molar-refractivity contribution in [1.82, 2.24) is 9.55 Å². The predicted molar refractivity (Wildman–Crippen MR) is 67.6 cm³/mol. The molecular formula is C14H14N2O2. The molecule has 0 amide bonds. The smallest absolute Gasteiger partial charge is 0.337 e. The fourth-order valence-corrected chi connectivity index (χ4v) is 2.38. The second kappa shape index (κ2) is 3.98. The molecule has 4 heteroatoms. The van der Waals surface area contributed by atoms with E-state index in [2.05, 4.69) is 9.55 Å². The summed E-state index contributed by atoms with van der Waals surface area (Å²) in [5.74, 6) is -0.864. The highest BCUT2D eigenvalue weighted by Gasteiger charge is 2.29. The number of hydrogen-bond donors (Lipinski definition) is 1. The van der Waals surface area contributed by atoms with Crippen LogP contribution in [0.25, 0.3) is 11.3 Å². The molecule has 1 saturated carbocycles. The van der Waals surface area contributed by atoms with Crippen molar-refractivity contribution in [3.63, 3.8) is 0 Å². The van der Waals surface area contributed by atoms with Crippen LogP contribution in [-0.4, -0.2) is 20.6 Å². The van der Waals surface area contributed by atoms with Crippen molar-refractivity contribution in [3.05, 3.63) is 41.9 Å². The van der Waals surface area contributed by atoms with Gasteiger partial charge in [0.05, 0.1) is 11.3 Å². The fourth-order valence-electron chi connectivity index (χ4n) is 2.38. The number of aromatic carboxylic acids is 1. The second-order valence-electron chi connectivity index (χ2n) is 4.68. The minimum absolute atomic E-state index is 0.390. The molecule has 2 aromatic rings. The van der Waals surface area contributed by atoms with Gasteiger partial charge in [0.25, 0.3) is 0 Å². The zero-order valence-corrected chi connectivity index (χ0v) is 10.1. The Bertz CT molecular complexity index is 598. The van der Waals surface area contributed by atoms with Crippen LogP contribution in [-0.2, 0) is 0 Å². The number of carboxylic acids is 1. The number of hydrogen-bond acceptors (Lipinski definition) is 2. The van der Waals surface area contributed by atoms with E-state index in [0.717, 1.165) is 29.8 Å². The lowest BCUT2D eigenvalue weighted by Crippen LogP contribution is -2.02. The van der Waals surface area contributed by atoms with E-state index in [1.807, 2.05) is 19.1 Å². The van der Waals surface area contributed by atoms with E-state index < -0.39 is 5.97 Å². The molecule has 1 aliphatic carbocycles. The maximum absolute atomic E-state index is 11.2. The molecule has 0 spiro atoms. The van der Waals surface area contributed by atoms with Gasteiger partial charge in [-0.1, -0.05) is 0 Å². The van der Waals surface area contributed by atoms with Crippen LogP contribution in [0, 0.1) is 6.92 Å². The zero-order valence-electron chi connectivity index (χ0n) is 10.1. The molecular weight excluding hydrogens is 228 g/mol. The van der Waals surface area contributed by atoms with Gasteiger partial charge in [-0.2, -0.15) is 0 Å². The molecule has 0 aromatic carbocycles. The Morgan fingerprint density at radius 3 is 2.83 bits per heavy atom. The largest absolute Gasteiger partial charge is 0.478 e. The molecule has 1 fully saturated rings. The first kappa shape index (κ1) is 11.0. The minimum atomic E-state index is -0.864. The summed E-state index contributed by atoms with van der Waals surface area (Å²) in [6.45, 7) is 1.88. The van der Waals surface area contributed by atoms with E-state index in [1.54, 1.807) is 18.5 Å². The predicted octanol–water partition coefficient (Wildman–Crippen LogP) is 2.89. The number of aromatic nitrogens is 2. The van der Waals surface area contributed by atoms with Crippen molar-refractivity contribution >= 4 is 5.97 Å². The van der Waals surface area contributed by atoms with Crippen molar-refractivity contribution in [1.29, 1.82) is 0 Å². The van der Waals surface area contributed by atoms with E-state index in [1.165, 1.54) is 0 Å². The van der Waals surface area contributed by atoms with Gasteiger partial charge in [-0.05, 0) is 38.0 Å². The highest BCUT2D eigenvalue weighted by atomic mass is 16.4. The molecule has 0 radical (unpaired) electrons. The lowest BCUT2D eigenvalue weighted by Gasteiger charge is -2.10. The SMILES string of the molecule is Cc1c(C(=O)O)cc(-c2cccnc2)n1C1CC1. The van der Waals surface area contributed by atoms with Crippen molar-refractivity contribution in [2.75, 3.05) is 0 Å². The van der Waals surface area contributed by atoms with Crippen LogP contribution in [0.1, 0.15) is 34.9 Å². The molecule has 4 nitrogen and oxygen atoms in total. The Labute approximate surface area is 105 Å². The summed E-state index contributed by atoms with van der Waals surface area (Å²) in [5.41, 5.74) is 3.16. The maximum Gasteiger partial charge on any atom is 0.337 e. The van der Waals surface area contributed by atoms with E-state index in [9.17, 15) is 9.90 Å². The molecule has 0 atom stereocenters. The highest BCUT2D eigenvalue weighted by Crippen LogP contribution is 2.41. The highest BCUT2D eigenvalue weighted by molar-refractivity contribution is 5.91. The monoisotopic (exact) mass is 242 g/mol. The number of pyridine rings is 1. The summed E-state index contributed by atoms with van der Waals surface area (Å²) in [6.07, 6.45) is 5.75. The standard InChI is InChI=1S/C14H14N2O2/c1-9-12(14(17)18)7-13(16(9)11-4-5-11)10-3-2-6-15-8-10/h2-3,6-8,11H,4-5H2,1H3,(H,17,18). The lowest BCUT2D eigenvalue weighted by molar-refractivity contribution is 0.0696. The zero-order chi connectivity index (χ0) is 12.7. The van der Waals surface area contributed by atoms with E-state index in [-0.39, 0.29) is 0 Å². The van der Waals surface area contributed by atoms with E-state index in [4.69, 9.17) is 0 Å². The van der Waals surface area contributed by atoms with Crippen LogP contribution in [0.4, 0.5) is 0 Å². The molecule has 0 saturated heterocycles. The molecule has 0 bridgehead atoms. The van der Waals surface area contributed by atoms with Crippen LogP contribution in [0.5, 0.6) is 0 Å². The maximum atomic E-state index is 11.2. The molecule has 2 heterocycles. The summed E-state index contributed by atoms with van der Waals surface area (Å²) in [5, 5.41) is 9.22. The average Bonchev–Trinajstić information content (AvgIpc) is 3.14. The number of nitrogens with zero attached hydrogens (tertiary/aromatic N) is 2. The van der Waals surface area contributed by atoms with Gasteiger partial charge in [-0.15, -0.1) is 0 Å². The minimum Gasteiger partial charge on any atom is -0.478 e. The van der Waals surface area contributed by atoms with Crippen LogP contribution in [0.3, 0.4) is 0 Å². The van der Waals surface area contributed by atoms with Crippen LogP contribution in [0.15, 0.2) is 30.6 Å². The van der Waals surface area contributed by atoms with Gasteiger partial charge < -0.3 is 9.67 Å². The average molecular weight is 242 g/mol. The van der Waals surface area contributed by atoms with Crippen molar-refractivity contribution < 1.29 is 9.90 Å². The Morgan fingerprint density at radius 1 is 1.50 bits per heavy atom. The molecule has 0 aliphatic heterocycles. The first-order valence-corrected chi connectivity index (χ1v) is 6.04. The molecule has 3 rings (SSSR count). The van der Waals surface area contributed by atoms with Gasteiger partial charge in [0.2, 0.25) is 0 Å². The number of carbonyl (C=O) groups is 1. The van der Waals surface area contributed by atoms with Gasteiger partial charge in [0.15, 0.2) is 0 Å². The van der Waals surface area contributed by atoms with E-state index in [0.29, 0.717) is 11.6 Å². The third-order valence-corrected chi connectivity index (χ3v) is 3.39. The number of rotatable bonds is 3. The Kier molecular flexibility index (Phi) is 2.44. The fraction of sp³-hybridized carbons (Fsp3) is 0.286. The topological polar surface area (TPSA) is 55.1 Å². The first-order valence-electron chi connectivity index (χ1n) is 6.04. The number of carboxylic acid groups (broad SMARTS) is 1. The van der Waals surface area contributed by atoms with Crippen LogP contribution in [0.2, 0.25) is 0 Å². The van der Waals surface area contributed by atoms with Crippen molar-refractivity contribution in [3.8, 4) is 11.3 Å². The van der Waals surface area contributed by atoms with Crippen LogP contribution >= 0.6 is 0 Å². The van der Waals surface area contributed by atoms with E-state index >= 15 is 0 Å². The summed E-state index contributed by atoms with van der Waals surface area (Å²) >= 11 is 0. The summed E-state index contributed by atoms with van der Waals surface area (Å²) in [7, 11) is 0. The second-order valence-corrected chi connectivity index (χ2v) is 4.68. The first-order chi connectivity index (χ1) is 8.68. The molecule has 0 unspecified atom stereocenters. The normalized spacial score (nSPS) is 14.7. The summed E-state index contributed by atoms with van der Waals surface area (Å²) in [4.78, 5) is 15.3. The molecule has 2 aromatic heterocycles. The van der Waals surface area contributed by atoms with Gasteiger partial charge >= 0.3 is 5.97 Å². The van der Waals surface area contributed by atoms with Gasteiger partial charge in [0.1, 0.15) is 0 Å². The molecule has 18 heavy (non-hydrogen) atoms. The quantitative estimate of drug-likeness (QED) is 0.900.